The minimum Gasteiger partial charge on any atom is -0.368 e. The van der Waals surface area contributed by atoms with Gasteiger partial charge in [0.2, 0.25) is 47.3 Å². The number of carbonyl (C=O) groups is 8. The van der Waals surface area contributed by atoms with Crippen molar-refractivity contribution in [3.63, 3.8) is 0 Å². The Labute approximate surface area is 441 Å². The van der Waals surface area contributed by atoms with Crippen LogP contribution in [0.4, 0.5) is 0 Å². The van der Waals surface area contributed by atoms with E-state index in [-0.39, 0.29) is 30.9 Å². The zero-order valence-corrected chi connectivity index (χ0v) is 45.1. The number of hydrogen-bond acceptors (Lipinski definition) is 14. The van der Waals surface area contributed by atoms with Crippen molar-refractivity contribution in [2.75, 3.05) is 31.1 Å². The van der Waals surface area contributed by atoms with Gasteiger partial charge in [0.25, 0.3) is 0 Å². The van der Waals surface area contributed by atoms with Gasteiger partial charge in [0.05, 0.1) is 28.2 Å². The van der Waals surface area contributed by atoms with E-state index in [2.05, 4.69) is 58.0 Å². The molecule has 0 bridgehead atoms. The molecule has 2 saturated heterocycles. The summed E-state index contributed by atoms with van der Waals surface area (Å²) in [6.07, 6.45) is 0.577. The highest BCUT2D eigenvalue weighted by molar-refractivity contribution is 9.11. The van der Waals surface area contributed by atoms with E-state index in [0.717, 1.165) is 47.0 Å². The van der Waals surface area contributed by atoms with E-state index < -0.39 is 102 Å². The minimum absolute atomic E-state index is 0.0373. The molecule has 384 valence electrons. The average molecular weight is 1130 g/mol. The van der Waals surface area contributed by atoms with Gasteiger partial charge in [-0.3, -0.25) is 47.9 Å². The van der Waals surface area contributed by atoms with E-state index in [0.29, 0.717) is 35.2 Å². The highest BCUT2D eigenvalue weighted by atomic mass is 79.9. The van der Waals surface area contributed by atoms with Crippen LogP contribution in [0.5, 0.6) is 0 Å². The lowest BCUT2D eigenvalue weighted by Crippen LogP contribution is -2.59. The molecule has 1 aromatic carbocycles. The maximum absolute atomic E-state index is 14.2. The van der Waals surface area contributed by atoms with Crippen molar-refractivity contribution in [2.45, 2.75) is 103 Å². The number of aryl methyl sites for hydroxylation is 2. The van der Waals surface area contributed by atoms with Crippen LogP contribution in [0.2, 0.25) is 5.02 Å². The molecule has 25 heteroatoms. The lowest BCUT2D eigenvalue weighted by atomic mass is 9.85. The van der Waals surface area contributed by atoms with Gasteiger partial charge in [0, 0.05) is 51.2 Å². The minimum atomic E-state index is -1.53. The summed E-state index contributed by atoms with van der Waals surface area (Å²) in [5.74, 6) is -5.05. The van der Waals surface area contributed by atoms with Gasteiger partial charge in [0.15, 0.2) is 5.82 Å². The Balaban J connectivity index is 1.15. The number of nitrogens with one attached hydrogen (secondary N) is 6. The number of thiophene rings is 2. The van der Waals surface area contributed by atoms with Crippen LogP contribution in [0.3, 0.4) is 0 Å². The van der Waals surface area contributed by atoms with Gasteiger partial charge in [-0.15, -0.1) is 44.6 Å². The zero-order chi connectivity index (χ0) is 52.2. The highest BCUT2D eigenvalue weighted by Crippen LogP contribution is 2.40. The first-order valence-electron chi connectivity index (χ1n) is 23.1. The lowest BCUT2D eigenvalue weighted by Gasteiger charge is -2.35. The summed E-state index contributed by atoms with van der Waals surface area (Å²) >= 11 is 13.6. The fraction of sp³-hybridized carbons (Fsp3) is 0.468. The zero-order valence-electron chi connectivity index (χ0n) is 40.4. The third-order valence-corrected chi connectivity index (χ3v) is 16.5. The smallest absolute Gasteiger partial charge is 0.246 e. The second-order valence-electron chi connectivity index (χ2n) is 18.8. The van der Waals surface area contributed by atoms with Crippen LogP contribution in [0.1, 0.15) is 84.2 Å². The molecule has 8 N–H and O–H groups in total. The third kappa shape index (κ3) is 12.7. The Hall–Kier alpha value is -5.69. The Kier molecular flexibility index (Phi) is 17.3. The largest absolute Gasteiger partial charge is 0.368 e. The molecule has 2 fully saturated rings. The molecule has 72 heavy (non-hydrogen) atoms. The summed E-state index contributed by atoms with van der Waals surface area (Å²) in [6, 6.07) is 3.82. The Bertz CT molecular complexity index is 2810. The van der Waals surface area contributed by atoms with Crippen molar-refractivity contribution in [2.24, 2.45) is 16.1 Å². The van der Waals surface area contributed by atoms with Gasteiger partial charge in [-0.2, -0.15) is 0 Å². The van der Waals surface area contributed by atoms with Crippen molar-refractivity contribution in [3.05, 3.63) is 83.3 Å². The van der Waals surface area contributed by atoms with Crippen molar-refractivity contribution in [1.29, 1.82) is 0 Å². The fourth-order valence-electron chi connectivity index (χ4n) is 8.54. The number of aliphatic imine (C=N–C) groups is 1. The van der Waals surface area contributed by atoms with Crippen molar-refractivity contribution in [3.8, 4) is 5.00 Å². The molecule has 20 nitrogen and oxygen atoms in total. The van der Waals surface area contributed by atoms with Crippen LogP contribution >= 0.6 is 62.0 Å². The van der Waals surface area contributed by atoms with Crippen molar-refractivity contribution >= 4 is 115 Å². The number of benzene rings is 1. The molecule has 6 heterocycles. The molecule has 3 aliphatic heterocycles. The van der Waals surface area contributed by atoms with Gasteiger partial charge in [-0.1, -0.05) is 44.5 Å². The summed E-state index contributed by atoms with van der Waals surface area (Å²) in [4.78, 5) is 119. The lowest BCUT2D eigenvalue weighted by molar-refractivity contribution is -0.144. The topological polar surface area (TPSA) is 281 Å². The predicted octanol–water partition coefficient (Wildman–Crippen LogP) is 2.70. The fourth-order valence-corrected chi connectivity index (χ4v) is 12.3. The molecule has 0 saturated carbocycles. The first-order chi connectivity index (χ1) is 34.1. The number of nitrogens with two attached hydrogens (primary N) is 1. The summed E-state index contributed by atoms with van der Waals surface area (Å²) in [5.41, 5.74) is 8.17. The van der Waals surface area contributed by atoms with Crippen LogP contribution in [0.25, 0.3) is 5.00 Å². The SMILES string of the molecule is Cc1sc2c(c1C)C(c1ccc(Cl)cc1)=N[C@@H](CC(=O)NC[C@H]1NC(=O)CNC(=O)[C@@H](Cc3ccc(Br)s3)NC(=O)[C@@H]3CCCN3C(=O)C(C(C)(C)C)NC(=O)CSC[C@H](C(N)=O)NC1=O)c1nnc(C)n1-2. The molecule has 8 amide bonds. The van der Waals surface area contributed by atoms with Crippen LogP contribution in [-0.2, 0) is 44.8 Å². The van der Waals surface area contributed by atoms with E-state index in [1.54, 1.807) is 63.3 Å². The second kappa shape index (κ2) is 23.0. The number of hydrogen-bond donors (Lipinski definition) is 7. The van der Waals surface area contributed by atoms with Crippen LogP contribution in [0, 0.1) is 26.2 Å². The quantitative estimate of drug-likeness (QED) is 0.135. The van der Waals surface area contributed by atoms with E-state index in [1.807, 2.05) is 30.5 Å². The van der Waals surface area contributed by atoms with Gasteiger partial charge in [-0.05, 0) is 84.8 Å². The van der Waals surface area contributed by atoms with Crippen molar-refractivity contribution < 1.29 is 38.4 Å². The molecule has 0 aliphatic carbocycles. The summed E-state index contributed by atoms with van der Waals surface area (Å²) in [7, 11) is 0. The molecule has 4 aromatic rings. The molecule has 3 aliphatic rings. The Morgan fingerprint density at radius 1 is 0.903 bits per heavy atom. The molecule has 7 rings (SSSR count). The monoisotopic (exact) mass is 1130 g/mol. The Morgan fingerprint density at radius 2 is 1.64 bits per heavy atom. The molecule has 0 radical (unpaired) electrons. The summed E-state index contributed by atoms with van der Waals surface area (Å²) < 4.78 is 2.67. The second-order valence-corrected chi connectivity index (χ2v) is 24.0. The molecule has 6 atom stereocenters. The van der Waals surface area contributed by atoms with E-state index in [4.69, 9.17) is 22.3 Å². The molecular formula is C47H56BrClN12O8S3. The average Bonchev–Trinajstić information content (AvgIpc) is 4.11. The van der Waals surface area contributed by atoms with Crippen LogP contribution in [-0.4, -0.2) is 134 Å². The number of aromatic nitrogens is 3. The van der Waals surface area contributed by atoms with Gasteiger partial charge >= 0.3 is 0 Å². The number of fused-ring (bicyclic) bond motifs is 4. The van der Waals surface area contributed by atoms with Gasteiger partial charge in [0.1, 0.15) is 47.1 Å². The number of amides is 8. The van der Waals surface area contributed by atoms with E-state index >= 15 is 0 Å². The van der Waals surface area contributed by atoms with Gasteiger partial charge < -0.3 is 42.5 Å². The number of halogens is 2. The standard InChI is InChI=1S/C47H56BrClN12O8S3/c1-22-23(2)71-46-37(22)38(25-9-11-26(49)12-10-25)54-28(41-59-58-24(3)61(41)46)17-34(62)51-18-30-43(67)56-31(40(50)65)20-70-21-36(64)57-39(47(4,5)6)45(69)60-15-7-8-32(60)44(68)55-29(16-27-13-14-33(48)72-27)42(66)52-19-35(63)53-30/h9-14,28-32,39H,7-8,15-21H2,1-6H3,(H2,50,65)(H,51,62)(H,52,66)(H,53,63)(H,55,68)(H,56,67)(H,57,64)/t28-,29+,30+,31+,32-,39?/m0/s1. The first-order valence-corrected chi connectivity index (χ1v) is 27.1. The maximum atomic E-state index is 14.2. The van der Waals surface area contributed by atoms with E-state index in [1.165, 1.54) is 16.2 Å². The molecule has 1 unspecified atom stereocenters. The summed E-state index contributed by atoms with van der Waals surface area (Å²) in [6.45, 7) is 10.2. The van der Waals surface area contributed by atoms with Crippen LogP contribution < -0.4 is 37.6 Å². The van der Waals surface area contributed by atoms with Gasteiger partial charge in [-0.25, -0.2) is 0 Å². The van der Waals surface area contributed by atoms with Crippen molar-refractivity contribution in [1.82, 2.24) is 51.6 Å². The molecular weight excluding hydrogens is 1070 g/mol. The molecule has 0 spiro atoms. The number of thioether (sulfide) groups is 1. The number of nitrogens with zero attached hydrogens (tertiary/aromatic N) is 5. The summed E-state index contributed by atoms with van der Waals surface area (Å²) in [5, 5.41) is 26.2. The highest BCUT2D eigenvalue weighted by Gasteiger charge is 2.43. The first kappa shape index (κ1) is 54.1. The number of rotatable bonds is 8. The molecule has 3 aromatic heterocycles. The normalized spacial score (nSPS) is 22.9. The number of carbonyl (C=O) groups excluding carboxylic acids is 8. The maximum Gasteiger partial charge on any atom is 0.246 e. The Morgan fingerprint density at radius 3 is 2.32 bits per heavy atom. The predicted molar refractivity (Wildman–Crippen MR) is 278 cm³/mol. The van der Waals surface area contributed by atoms with E-state index in [9.17, 15) is 38.4 Å². The third-order valence-electron chi connectivity index (χ3n) is 12.4. The number of primary amides is 1. The van der Waals surface area contributed by atoms with Crippen LogP contribution in [0.15, 0.2) is 45.2 Å².